The van der Waals surface area contributed by atoms with Gasteiger partial charge in [0, 0.05) is 17.5 Å². The highest BCUT2D eigenvalue weighted by molar-refractivity contribution is 4.41. The first kappa shape index (κ1) is 1.32. The van der Waals surface area contributed by atoms with E-state index in [1.807, 2.05) is 0 Å². The molecule has 0 aliphatic rings. The van der Waals surface area contributed by atoms with Crippen molar-refractivity contribution in [1.29, 1.82) is 0 Å². The highest BCUT2D eigenvalue weighted by Crippen LogP contribution is 1.95. The Morgan fingerprint density at radius 3 is 2.38 bits per heavy atom. The number of aliphatic hydroxyl groups is 1. The summed E-state index contributed by atoms with van der Waals surface area (Å²) in [5.74, 6) is 0. The van der Waals surface area contributed by atoms with Crippen LogP contribution >= 0.6 is 0 Å². The van der Waals surface area contributed by atoms with Crippen LogP contribution in [0.5, 0.6) is 0 Å². The smallest absolute Gasteiger partial charge is 0.0564 e. The minimum absolute atomic E-state index is 0.927. The van der Waals surface area contributed by atoms with Crippen molar-refractivity contribution in [3.63, 3.8) is 0 Å². The Kier molecular flexibility index (Phi) is 1.15. The molecular formula is C6H15NO. The molecule has 0 atom stereocenters. The Bertz CT molecular complexity index is 308. The first-order chi connectivity index (χ1) is 7.56. The molecule has 0 radical (unpaired) electrons. The van der Waals surface area contributed by atoms with Crippen LogP contribution in [0.4, 0.5) is 0 Å². The number of hydrogen-bond acceptors (Lipinski definition) is 2. The van der Waals surface area contributed by atoms with Crippen molar-refractivity contribution in [3.8, 4) is 0 Å². The van der Waals surface area contributed by atoms with E-state index in [4.69, 9.17) is 24.5 Å². The molecule has 3 N–H and O–H groups in total. The van der Waals surface area contributed by atoms with E-state index in [-0.39, 0.29) is 0 Å². The summed E-state index contributed by atoms with van der Waals surface area (Å²) in [6.45, 7) is -4.61. The number of rotatable bonds is 5. The highest BCUT2D eigenvalue weighted by atomic mass is 16.2. The van der Waals surface area contributed by atoms with Gasteiger partial charge >= 0.3 is 0 Å². The second-order valence-corrected chi connectivity index (χ2v) is 0.868. The van der Waals surface area contributed by atoms with E-state index in [9.17, 15) is 0 Å². The molecule has 0 heterocycles. The zero-order valence-electron chi connectivity index (χ0n) is 14.2. The molecule has 8 heavy (non-hydrogen) atoms. The predicted molar refractivity (Wildman–Crippen MR) is 34.6 cm³/mol. The Labute approximate surface area is 64.7 Å². The van der Waals surface area contributed by atoms with E-state index in [1.165, 1.54) is 0 Å². The molecule has 0 aliphatic carbocycles. The summed E-state index contributed by atoms with van der Waals surface area (Å²) in [6.07, 6.45) is -13.7. The first-order valence-corrected chi connectivity index (χ1v) is 1.99. The maximum atomic E-state index is 8.98. The van der Waals surface area contributed by atoms with Crippen LogP contribution in [0.2, 0.25) is 0 Å². The normalized spacial score (nSPS) is 37.2. The maximum absolute atomic E-state index is 8.98. The minimum Gasteiger partial charge on any atom is -0.396 e. The van der Waals surface area contributed by atoms with E-state index >= 15 is 0 Å². The third-order valence-corrected chi connectivity index (χ3v) is 0.371. The van der Waals surface area contributed by atoms with Gasteiger partial charge in [0.05, 0.1) is 2.74 Å². The lowest BCUT2D eigenvalue weighted by Gasteiger charge is -1.93. The molecule has 0 unspecified atom stereocenters. The summed E-state index contributed by atoms with van der Waals surface area (Å²) >= 11 is 0. The quantitative estimate of drug-likeness (QED) is 0.565. The fourth-order valence-corrected chi connectivity index (χ4v) is 0.154. The van der Waals surface area contributed by atoms with Gasteiger partial charge in [-0.3, -0.25) is 0 Å². The van der Waals surface area contributed by atoms with Crippen LogP contribution in [0.3, 0.4) is 0 Å². The van der Waals surface area contributed by atoms with Crippen LogP contribution in [0.25, 0.3) is 0 Å². The lowest BCUT2D eigenvalue weighted by Crippen LogP contribution is -1.97. The molecule has 0 aromatic carbocycles. The molecule has 0 saturated carbocycles. The highest BCUT2D eigenvalue weighted by Gasteiger charge is 1.84. The Morgan fingerprint density at radius 2 is 1.88 bits per heavy atom. The third-order valence-electron chi connectivity index (χ3n) is 0.371. The fourth-order valence-electron chi connectivity index (χ4n) is 0.154. The molecule has 0 spiro atoms. The number of hydrogen-bond donors (Lipinski definition) is 2. The van der Waals surface area contributed by atoms with Crippen LogP contribution in [0.15, 0.2) is 0 Å². The fraction of sp³-hybridized carbons (Fsp3) is 1.00. The van der Waals surface area contributed by atoms with Crippen LogP contribution in [-0.4, -0.2) is 18.2 Å². The Morgan fingerprint density at radius 1 is 1.25 bits per heavy atom. The van der Waals surface area contributed by atoms with Crippen LogP contribution < -0.4 is 5.73 Å². The molecule has 0 aromatic heterocycles. The van der Waals surface area contributed by atoms with Crippen LogP contribution in [0, 0.1) is 0 Å². The van der Waals surface area contributed by atoms with Crippen molar-refractivity contribution in [2.45, 2.75) is 25.5 Å². The lowest BCUT2D eigenvalue weighted by molar-refractivity contribution is 0.282. The van der Waals surface area contributed by atoms with Gasteiger partial charge in [-0.1, -0.05) is 12.7 Å². The zero-order valence-corrected chi connectivity index (χ0v) is 4.23. The molecule has 0 saturated heterocycles. The van der Waals surface area contributed by atoms with Gasteiger partial charge in [0.25, 0.3) is 0 Å². The molecule has 2 nitrogen and oxygen atoms in total. The van der Waals surface area contributed by atoms with Crippen molar-refractivity contribution >= 4 is 0 Å². The maximum Gasteiger partial charge on any atom is 0.0564 e. The second kappa shape index (κ2) is 6.92. The average molecular weight is 127 g/mol. The van der Waals surface area contributed by atoms with Gasteiger partial charge in [-0.2, -0.15) is 0 Å². The van der Waals surface area contributed by atoms with Gasteiger partial charge in [0.15, 0.2) is 0 Å². The van der Waals surface area contributed by atoms with Gasteiger partial charge in [-0.05, 0) is 19.3 Å². The van der Waals surface area contributed by atoms with Crippen molar-refractivity contribution < 1.29 is 18.8 Å². The molecular weight excluding hydrogens is 102 g/mol. The monoisotopic (exact) mass is 127 g/mol. The third kappa shape index (κ3) is 5.92. The van der Waals surface area contributed by atoms with Gasteiger partial charge in [-0.25, -0.2) is 0 Å². The average Bonchev–Trinajstić information content (AvgIpc) is 2.15. The SMILES string of the molecule is [2H]C([2H])(O)C([2H])([2H])C([2H])([2H])C([2H])([2H])C([2H])([2H])CN. The minimum atomic E-state index is -3.69. The summed E-state index contributed by atoms with van der Waals surface area (Å²) in [7, 11) is 0. The molecule has 0 fully saturated rings. The Hall–Kier alpha value is -0.0800. The molecule has 0 aromatic rings. The molecule has 2 heteroatoms. The lowest BCUT2D eigenvalue weighted by atomic mass is 10.2. The van der Waals surface area contributed by atoms with Gasteiger partial charge in [-0.15, -0.1) is 0 Å². The van der Waals surface area contributed by atoms with Crippen LogP contribution in [0.1, 0.15) is 39.2 Å². The van der Waals surface area contributed by atoms with Gasteiger partial charge in [0.2, 0.25) is 0 Å². The summed E-state index contributed by atoms with van der Waals surface area (Å²) in [5.41, 5.74) is 4.98. The van der Waals surface area contributed by atoms with Crippen molar-refractivity contribution in [2.75, 3.05) is 13.1 Å². The number of nitrogens with two attached hydrogens (primary N) is 1. The van der Waals surface area contributed by atoms with E-state index in [2.05, 4.69) is 0 Å². The Balaban J connectivity index is 5.80. The van der Waals surface area contributed by atoms with Crippen molar-refractivity contribution in [3.05, 3.63) is 0 Å². The molecule has 50 valence electrons. The molecule has 0 bridgehead atoms. The van der Waals surface area contributed by atoms with Crippen molar-refractivity contribution in [1.82, 2.24) is 0 Å². The van der Waals surface area contributed by atoms with Gasteiger partial charge < -0.3 is 10.8 Å². The summed E-state index contributed by atoms with van der Waals surface area (Å²) < 4.78 is 72.1. The van der Waals surface area contributed by atoms with E-state index in [0.29, 0.717) is 0 Å². The summed E-state index contributed by atoms with van der Waals surface area (Å²) in [4.78, 5) is 0. The molecule has 0 amide bonds. The van der Waals surface area contributed by atoms with E-state index < -0.39 is 38.6 Å². The zero-order chi connectivity index (χ0) is 15.2. The molecule has 0 aliphatic heterocycles. The summed E-state index contributed by atoms with van der Waals surface area (Å²) in [5, 5.41) is 8.98. The van der Waals surface area contributed by atoms with E-state index in [0.717, 1.165) is 0 Å². The standard InChI is InChI=1S/C6H15NO/c7-5-3-1-2-4-6-8/h8H,1-7H2/i1D2,2D2,3D2,4D2,6D2. The topological polar surface area (TPSA) is 46.2 Å². The van der Waals surface area contributed by atoms with Crippen LogP contribution in [-0.2, 0) is 0 Å². The van der Waals surface area contributed by atoms with E-state index in [1.54, 1.807) is 0 Å². The largest absolute Gasteiger partial charge is 0.396 e. The summed E-state index contributed by atoms with van der Waals surface area (Å²) in [6, 6.07) is 0. The second-order valence-electron chi connectivity index (χ2n) is 0.868. The van der Waals surface area contributed by atoms with Gasteiger partial charge in [0.1, 0.15) is 0 Å². The first-order valence-electron chi connectivity index (χ1n) is 6.99. The predicted octanol–water partition coefficient (Wildman–Crippen LogP) is 0.498. The van der Waals surface area contributed by atoms with Crippen molar-refractivity contribution in [2.24, 2.45) is 5.73 Å². The molecule has 0 rings (SSSR count).